The summed E-state index contributed by atoms with van der Waals surface area (Å²) in [6.45, 7) is 0.536. The van der Waals surface area contributed by atoms with Crippen LogP contribution in [0.15, 0.2) is 41.4 Å². The zero-order chi connectivity index (χ0) is 19.4. The van der Waals surface area contributed by atoms with Crippen LogP contribution in [0.4, 0.5) is 0 Å². The second kappa shape index (κ2) is 7.82. The van der Waals surface area contributed by atoms with Crippen LogP contribution in [0.3, 0.4) is 0 Å². The van der Waals surface area contributed by atoms with Gasteiger partial charge in [-0.15, -0.1) is 0 Å². The van der Waals surface area contributed by atoms with Crippen molar-refractivity contribution in [1.29, 1.82) is 5.26 Å². The summed E-state index contributed by atoms with van der Waals surface area (Å²) in [6.07, 6.45) is 1.69. The van der Waals surface area contributed by atoms with Gasteiger partial charge in [-0.05, 0) is 24.6 Å². The minimum atomic E-state index is -3.69. The molecule has 0 aliphatic carbocycles. The maximum atomic E-state index is 12.9. The van der Waals surface area contributed by atoms with Gasteiger partial charge in [0.2, 0.25) is 15.9 Å². The van der Waals surface area contributed by atoms with E-state index in [1.165, 1.54) is 42.9 Å². The highest BCUT2D eigenvalue weighted by molar-refractivity contribution is 7.89. The summed E-state index contributed by atoms with van der Waals surface area (Å²) in [6, 6.07) is 9.63. The Bertz CT molecular complexity index is 971. The lowest BCUT2D eigenvalue weighted by Gasteiger charge is -2.18. The molecule has 0 radical (unpaired) electrons. The minimum absolute atomic E-state index is 0.130. The molecule has 0 bridgehead atoms. The summed E-state index contributed by atoms with van der Waals surface area (Å²) in [5.41, 5.74) is 0.438. The molecule has 1 saturated heterocycles. The number of nitriles is 1. The van der Waals surface area contributed by atoms with Crippen LogP contribution in [0.5, 0.6) is 17.4 Å². The third kappa shape index (κ3) is 3.97. The summed E-state index contributed by atoms with van der Waals surface area (Å²) < 4.78 is 43.3. The molecule has 1 aromatic heterocycles. The quantitative estimate of drug-likeness (QED) is 0.742. The standard InChI is InChI=1S/C18H19N3O5S/c1-24-16-4-3-15(10-17(16)25-2)27(22,23)21-8-6-14(12-21)26-18-9-13(11-19)5-7-20-18/h3-5,7,9-10,14H,6,8,12H2,1-2H3. The molecule has 3 rings (SSSR count). The van der Waals surface area contributed by atoms with Gasteiger partial charge in [-0.3, -0.25) is 0 Å². The molecule has 0 amide bonds. The summed E-state index contributed by atoms with van der Waals surface area (Å²) in [5.74, 6) is 1.12. The van der Waals surface area contributed by atoms with Crippen LogP contribution < -0.4 is 14.2 Å². The Morgan fingerprint density at radius 2 is 1.96 bits per heavy atom. The van der Waals surface area contributed by atoms with E-state index in [-0.39, 0.29) is 17.5 Å². The van der Waals surface area contributed by atoms with Gasteiger partial charge in [0.05, 0.1) is 37.3 Å². The van der Waals surface area contributed by atoms with Gasteiger partial charge in [-0.2, -0.15) is 9.57 Å². The van der Waals surface area contributed by atoms with E-state index in [4.69, 9.17) is 19.5 Å². The normalized spacial score (nSPS) is 17.3. The number of benzene rings is 1. The first-order chi connectivity index (χ1) is 13.0. The molecule has 1 unspecified atom stereocenters. The van der Waals surface area contributed by atoms with Crippen molar-refractivity contribution in [2.75, 3.05) is 27.3 Å². The van der Waals surface area contributed by atoms with Crippen LogP contribution in [-0.4, -0.2) is 51.1 Å². The lowest BCUT2D eigenvalue weighted by atomic mass is 10.3. The van der Waals surface area contributed by atoms with Crippen LogP contribution in [0.2, 0.25) is 0 Å². The molecule has 9 heteroatoms. The van der Waals surface area contributed by atoms with E-state index in [0.29, 0.717) is 35.9 Å². The number of hydrogen-bond acceptors (Lipinski definition) is 7. The maximum absolute atomic E-state index is 12.9. The number of hydrogen-bond donors (Lipinski definition) is 0. The molecular formula is C18H19N3O5S. The molecule has 8 nitrogen and oxygen atoms in total. The van der Waals surface area contributed by atoms with Gasteiger partial charge in [-0.25, -0.2) is 13.4 Å². The molecule has 2 aromatic rings. The maximum Gasteiger partial charge on any atom is 0.243 e. The first-order valence-electron chi connectivity index (χ1n) is 8.23. The Morgan fingerprint density at radius 1 is 1.19 bits per heavy atom. The van der Waals surface area contributed by atoms with Crippen molar-refractivity contribution >= 4 is 10.0 Å². The van der Waals surface area contributed by atoms with E-state index < -0.39 is 10.0 Å². The number of rotatable bonds is 6. The lowest BCUT2D eigenvalue weighted by Crippen LogP contribution is -2.31. The largest absolute Gasteiger partial charge is 0.493 e. The van der Waals surface area contributed by atoms with E-state index in [0.717, 1.165) is 0 Å². The third-order valence-corrected chi connectivity index (χ3v) is 6.11. The van der Waals surface area contributed by atoms with Gasteiger partial charge in [-0.1, -0.05) is 0 Å². The highest BCUT2D eigenvalue weighted by atomic mass is 32.2. The smallest absolute Gasteiger partial charge is 0.243 e. The molecule has 1 aromatic carbocycles. The van der Waals surface area contributed by atoms with Crippen molar-refractivity contribution in [1.82, 2.24) is 9.29 Å². The molecule has 0 N–H and O–H groups in total. The van der Waals surface area contributed by atoms with Gasteiger partial charge in [0.15, 0.2) is 11.5 Å². The number of aromatic nitrogens is 1. The average molecular weight is 389 g/mol. The Morgan fingerprint density at radius 3 is 2.67 bits per heavy atom. The predicted octanol–water partition coefficient (Wildman–Crippen LogP) is 1.81. The fraction of sp³-hybridized carbons (Fsp3) is 0.333. The number of methoxy groups -OCH3 is 2. The van der Waals surface area contributed by atoms with E-state index in [9.17, 15) is 8.42 Å². The van der Waals surface area contributed by atoms with Crippen molar-refractivity contribution in [3.63, 3.8) is 0 Å². The number of pyridine rings is 1. The zero-order valence-corrected chi connectivity index (χ0v) is 15.8. The molecule has 142 valence electrons. The summed E-state index contributed by atoms with van der Waals surface area (Å²) in [4.78, 5) is 4.20. The molecule has 27 heavy (non-hydrogen) atoms. The molecular weight excluding hydrogens is 370 g/mol. The molecule has 1 aliphatic heterocycles. The lowest BCUT2D eigenvalue weighted by molar-refractivity contribution is 0.207. The Hall–Kier alpha value is -2.83. The van der Waals surface area contributed by atoms with Crippen LogP contribution in [-0.2, 0) is 10.0 Å². The van der Waals surface area contributed by atoms with Crippen molar-refractivity contribution in [2.45, 2.75) is 17.4 Å². The molecule has 1 fully saturated rings. The van der Waals surface area contributed by atoms with Gasteiger partial charge >= 0.3 is 0 Å². The van der Waals surface area contributed by atoms with Crippen molar-refractivity contribution in [3.8, 4) is 23.4 Å². The third-order valence-electron chi connectivity index (χ3n) is 4.25. The van der Waals surface area contributed by atoms with Crippen LogP contribution >= 0.6 is 0 Å². The SMILES string of the molecule is COc1ccc(S(=O)(=O)N2CCC(Oc3cc(C#N)ccn3)C2)cc1OC. The predicted molar refractivity (Wildman–Crippen MR) is 96.3 cm³/mol. The summed E-state index contributed by atoms with van der Waals surface area (Å²) in [7, 11) is -0.745. The fourth-order valence-corrected chi connectivity index (χ4v) is 4.35. The Kier molecular flexibility index (Phi) is 5.48. The second-order valence-electron chi connectivity index (χ2n) is 5.90. The highest BCUT2D eigenvalue weighted by Gasteiger charge is 2.34. The van der Waals surface area contributed by atoms with Crippen molar-refractivity contribution < 1.29 is 22.6 Å². The van der Waals surface area contributed by atoms with Gasteiger partial charge in [0, 0.05) is 24.9 Å². The van der Waals surface area contributed by atoms with E-state index in [1.54, 1.807) is 12.1 Å². The first-order valence-corrected chi connectivity index (χ1v) is 9.67. The van der Waals surface area contributed by atoms with Crippen LogP contribution in [0, 0.1) is 11.3 Å². The fourth-order valence-electron chi connectivity index (χ4n) is 2.85. The number of sulfonamides is 1. The summed E-state index contributed by atoms with van der Waals surface area (Å²) >= 11 is 0. The van der Waals surface area contributed by atoms with E-state index in [2.05, 4.69) is 4.98 Å². The number of nitrogens with zero attached hydrogens (tertiary/aromatic N) is 3. The molecule has 2 heterocycles. The summed E-state index contributed by atoms with van der Waals surface area (Å²) in [5, 5.41) is 8.94. The zero-order valence-electron chi connectivity index (χ0n) is 15.0. The monoisotopic (exact) mass is 389 g/mol. The molecule has 1 aliphatic rings. The topological polar surface area (TPSA) is 102 Å². The minimum Gasteiger partial charge on any atom is -0.493 e. The highest BCUT2D eigenvalue weighted by Crippen LogP contribution is 2.32. The van der Waals surface area contributed by atoms with Crippen LogP contribution in [0.1, 0.15) is 12.0 Å². The Labute approximate surface area is 158 Å². The van der Waals surface area contributed by atoms with Gasteiger partial charge in [0.25, 0.3) is 0 Å². The van der Waals surface area contributed by atoms with Crippen molar-refractivity contribution in [3.05, 3.63) is 42.1 Å². The average Bonchev–Trinajstić information content (AvgIpc) is 3.16. The molecule has 0 spiro atoms. The van der Waals surface area contributed by atoms with Crippen LogP contribution in [0.25, 0.3) is 0 Å². The van der Waals surface area contributed by atoms with E-state index in [1.807, 2.05) is 6.07 Å². The molecule has 0 saturated carbocycles. The van der Waals surface area contributed by atoms with E-state index >= 15 is 0 Å². The second-order valence-corrected chi connectivity index (χ2v) is 7.84. The first kappa shape index (κ1) is 18.9. The molecule has 1 atom stereocenters. The van der Waals surface area contributed by atoms with Gasteiger partial charge < -0.3 is 14.2 Å². The number of ether oxygens (including phenoxy) is 3. The van der Waals surface area contributed by atoms with Crippen molar-refractivity contribution in [2.24, 2.45) is 0 Å². The Balaban J connectivity index is 1.74. The van der Waals surface area contributed by atoms with Gasteiger partial charge in [0.1, 0.15) is 6.10 Å².